The predicted octanol–water partition coefficient (Wildman–Crippen LogP) is 5.28. The number of benzene rings is 2. The number of hydrogen-bond donors (Lipinski definition) is 2. The maximum absolute atomic E-state index is 13.2. The van der Waals surface area contributed by atoms with E-state index in [1.54, 1.807) is 18.3 Å². The number of carbonyl (C=O) groups is 2. The molecule has 1 aromatic heterocycles. The third-order valence-electron chi connectivity index (χ3n) is 6.28. The molecule has 1 fully saturated rings. The molecule has 5 heteroatoms. The van der Waals surface area contributed by atoms with Crippen LogP contribution in [0.2, 0.25) is 0 Å². The summed E-state index contributed by atoms with van der Waals surface area (Å²) in [6, 6.07) is 18.6. The molecular weight excluding hydrogens is 404 g/mol. The average Bonchev–Trinajstić information content (AvgIpc) is 3.18. The number of carbonyl (C=O) groups excluding carboxylic acids is 2. The highest BCUT2D eigenvalue weighted by atomic mass is 32.1. The summed E-state index contributed by atoms with van der Waals surface area (Å²) in [6.45, 7) is 2.98. The number of amides is 2. The Bertz CT molecular complexity index is 1040. The van der Waals surface area contributed by atoms with Gasteiger partial charge in [-0.1, -0.05) is 48.5 Å². The van der Waals surface area contributed by atoms with E-state index in [2.05, 4.69) is 41.0 Å². The van der Waals surface area contributed by atoms with Gasteiger partial charge in [0, 0.05) is 24.7 Å². The lowest BCUT2D eigenvalue weighted by Crippen LogP contribution is -2.30. The minimum absolute atomic E-state index is 0.0420. The van der Waals surface area contributed by atoms with Crippen molar-refractivity contribution in [2.24, 2.45) is 5.92 Å². The minimum atomic E-state index is 0.0420. The van der Waals surface area contributed by atoms with Crippen LogP contribution in [0.15, 0.2) is 54.6 Å². The van der Waals surface area contributed by atoms with Crippen molar-refractivity contribution in [2.75, 3.05) is 13.1 Å². The highest BCUT2D eigenvalue weighted by Crippen LogP contribution is 2.43. The monoisotopic (exact) mass is 434 g/mol. The summed E-state index contributed by atoms with van der Waals surface area (Å²) in [4.78, 5) is 25.3. The summed E-state index contributed by atoms with van der Waals surface area (Å²) < 4.78 is 1.19. The van der Waals surface area contributed by atoms with Gasteiger partial charge in [-0.2, -0.15) is 0 Å². The Morgan fingerprint density at radius 3 is 2.39 bits per heavy atom. The second-order valence-corrected chi connectivity index (χ2v) is 9.54. The quantitative estimate of drug-likeness (QED) is 0.531. The fourth-order valence-electron chi connectivity index (χ4n) is 4.63. The third kappa shape index (κ3) is 5.34. The van der Waals surface area contributed by atoms with E-state index in [4.69, 9.17) is 0 Å². The molecule has 0 saturated heterocycles. The van der Waals surface area contributed by atoms with Crippen LogP contribution in [0.25, 0.3) is 10.1 Å². The zero-order chi connectivity index (χ0) is 21.6. The van der Waals surface area contributed by atoms with Crippen LogP contribution in [0.5, 0.6) is 0 Å². The van der Waals surface area contributed by atoms with Crippen molar-refractivity contribution in [1.29, 1.82) is 0 Å². The summed E-state index contributed by atoms with van der Waals surface area (Å²) >= 11 is 1.62. The van der Waals surface area contributed by atoms with E-state index in [-0.39, 0.29) is 11.8 Å². The number of thiophene rings is 1. The topological polar surface area (TPSA) is 58.2 Å². The van der Waals surface area contributed by atoms with Gasteiger partial charge in [-0.15, -0.1) is 11.3 Å². The summed E-state index contributed by atoms with van der Waals surface area (Å²) in [6.07, 6.45) is 5.14. The van der Waals surface area contributed by atoms with Gasteiger partial charge >= 0.3 is 0 Å². The van der Waals surface area contributed by atoms with Crippen LogP contribution in [-0.2, 0) is 11.2 Å². The van der Waals surface area contributed by atoms with Crippen LogP contribution >= 0.6 is 11.3 Å². The molecule has 0 aliphatic heterocycles. The SMILES string of the molecule is CC(=O)NCC1CCC(c2c(C(=O)NCCc3ccccc3)sc3ccccc23)CC1. The molecule has 0 spiro atoms. The number of hydrogen-bond acceptors (Lipinski definition) is 3. The van der Waals surface area contributed by atoms with Crippen LogP contribution in [0.1, 0.15) is 59.3 Å². The van der Waals surface area contributed by atoms with Crippen molar-refractivity contribution in [3.05, 3.63) is 70.6 Å². The lowest BCUT2D eigenvalue weighted by molar-refractivity contribution is -0.119. The van der Waals surface area contributed by atoms with Gasteiger partial charge in [0.1, 0.15) is 0 Å². The van der Waals surface area contributed by atoms with E-state index in [0.29, 0.717) is 18.4 Å². The van der Waals surface area contributed by atoms with Gasteiger partial charge < -0.3 is 10.6 Å². The molecule has 4 rings (SSSR count). The summed E-state index contributed by atoms with van der Waals surface area (Å²) in [7, 11) is 0. The second kappa shape index (κ2) is 10.1. The molecular formula is C26H30N2O2S. The van der Waals surface area contributed by atoms with Gasteiger partial charge in [-0.05, 0) is 66.5 Å². The molecule has 0 atom stereocenters. The Balaban J connectivity index is 1.47. The number of fused-ring (bicyclic) bond motifs is 1. The first-order valence-electron chi connectivity index (χ1n) is 11.2. The molecule has 2 aromatic carbocycles. The smallest absolute Gasteiger partial charge is 0.261 e. The Morgan fingerprint density at radius 1 is 0.935 bits per heavy atom. The molecule has 2 amide bonds. The van der Waals surface area contributed by atoms with Crippen molar-refractivity contribution in [1.82, 2.24) is 10.6 Å². The Kier molecular flexibility index (Phi) is 7.03. The standard InChI is InChI=1S/C26H30N2O2S/c1-18(29)28-17-20-11-13-21(14-12-20)24-22-9-5-6-10-23(22)31-25(24)26(30)27-16-15-19-7-3-2-4-8-19/h2-10,20-21H,11-17H2,1H3,(H,27,30)(H,28,29). The normalized spacial score (nSPS) is 18.6. The Hall–Kier alpha value is -2.66. The molecule has 1 aliphatic carbocycles. The molecule has 0 unspecified atom stereocenters. The van der Waals surface area contributed by atoms with E-state index in [0.717, 1.165) is 43.5 Å². The van der Waals surface area contributed by atoms with Gasteiger partial charge in [0.2, 0.25) is 5.91 Å². The van der Waals surface area contributed by atoms with E-state index < -0.39 is 0 Å². The van der Waals surface area contributed by atoms with Crippen LogP contribution < -0.4 is 10.6 Å². The highest BCUT2D eigenvalue weighted by molar-refractivity contribution is 7.21. The van der Waals surface area contributed by atoms with E-state index in [1.807, 2.05) is 24.3 Å². The molecule has 162 valence electrons. The van der Waals surface area contributed by atoms with Crippen LogP contribution in [-0.4, -0.2) is 24.9 Å². The second-order valence-electron chi connectivity index (χ2n) is 8.49. The van der Waals surface area contributed by atoms with E-state index >= 15 is 0 Å². The Morgan fingerprint density at radius 2 is 1.65 bits per heavy atom. The lowest BCUT2D eigenvalue weighted by atomic mass is 9.77. The first-order valence-corrected chi connectivity index (χ1v) is 12.0. The Labute approximate surface area is 188 Å². The minimum Gasteiger partial charge on any atom is -0.356 e. The van der Waals surface area contributed by atoms with Gasteiger partial charge in [-0.25, -0.2) is 0 Å². The largest absolute Gasteiger partial charge is 0.356 e. The molecule has 3 aromatic rings. The lowest BCUT2D eigenvalue weighted by Gasteiger charge is -2.29. The maximum Gasteiger partial charge on any atom is 0.261 e. The zero-order valence-corrected chi connectivity index (χ0v) is 18.8. The molecule has 0 radical (unpaired) electrons. The van der Waals surface area contributed by atoms with Gasteiger partial charge in [0.15, 0.2) is 0 Å². The fourth-order valence-corrected chi connectivity index (χ4v) is 5.83. The molecule has 1 aliphatic rings. The summed E-state index contributed by atoms with van der Waals surface area (Å²) in [5.74, 6) is 1.03. The third-order valence-corrected chi connectivity index (χ3v) is 7.46. The summed E-state index contributed by atoms with van der Waals surface area (Å²) in [5.41, 5.74) is 2.47. The molecule has 1 saturated carbocycles. The van der Waals surface area contributed by atoms with Gasteiger partial charge in [0.25, 0.3) is 5.91 Å². The van der Waals surface area contributed by atoms with Crippen molar-refractivity contribution >= 4 is 33.2 Å². The zero-order valence-electron chi connectivity index (χ0n) is 18.0. The van der Waals surface area contributed by atoms with Crippen LogP contribution in [0.3, 0.4) is 0 Å². The van der Waals surface area contributed by atoms with Crippen LogP contribution in [0, 0.1) is 5.92 Å². The summed E-state index contributed by atoms with van der Waals surface area (Å²) in [5, 5.41) is 7.34. The van der Waals surface area contributed by atoms with Crippen molar-refractivity contribution < 1.29 is 9.59 Å². The fraction of sp³-hybridized carbons (Fsp3) is 0.385. The molecule has 31 heavy (non-hydrogen) atoms. The van der Waals surface area contributed by atoms with Crippen molar-refractivity contribution in [3.8, 4) is 0 Å². The van der Waals surface area contributed by atoms with Crippen molar-refractivity contribution in [3.63, 3.8) is 0 Å². The average molecular weight is 435 g/mol. The predicted molar refractivity (Wildman–Crippen MR) is 128 cm³/mol. The molecule has 0 bridgehead atoms. The van der Waals surface area contributed by atoms with Gasteiger partial charge in [-0.3, -0.25) is 9.59 Å². The van der Waals surface area contributed by atoms with Crippen molar-refractivity contribution in [2.45, 2.75) is 44.9 Å². The molecule has 1 heterocycles. The molecule has 2 N–H and O–H groups in total. The maximum atomic E-state index is 13.2. The first-order chi connectivity index (χ1) is 15.1. The van der Waals surface area contributed by atoms with E-state index in [9.17, 15) is 9.59 Å². The highest BCUT2D eigenvalue weighted by Gasteiger charge is 2.29. The number of rotatable bonds is 7. The van der Waals surface area contributed by atoms with E-state index in [1.165, 1.54) is 21.2 Å². The molecule has 4 nitrogen and oxygen atoms in total. The number of nitrogens with one attached hydrogen (secondary N) is 2. The van der Waals surface area contributed by atoms with Gasteiger partial charge in [0.05, 0.1) is 4.88 Å². The van der Waals surface area contributed by atoms with Crippen LogP contribution in [0.4, 0.5) is 0 Å². The first kappa shape index (κ1) is 21.6.